The molecule has 9 nitrogen and oxygen atoms in total. The lowest BCUT2D eigenvalue weighted by Crippen LogP contribution is -2.29. The molecule has 0 spiro atoms. The minimum atomic E-state index is -3.96. The first-order valence-electron chi connectivity index (χ1n) is 11.4. The molecule has 0 amide bonds. The van der Waals surface area contributed by atoms with Crippen molar-refractivity contribution in [1.29, 1.82) is 0 Å². The predicted octanol–water partition coefficient (Wildman–Crippen LogP) is 3.24. The molecule has 0 aromatic carbocycles. The first-order valence-corrected chi connectivity index (χ1v) is 14.6. The van der Waals surface area contributed by atoms with E-state index in [0.717, 1.165) is 25.7 Å². The summed E-state index contributed by atoms with van der Waals surface area (Å²) in [6.45, 7) is 1.35. The van der Waals surface area contributed by atoms with Crippen molar-refractivity contribution in [2.75, 3.05) is 37.9 Å². The zero-order valence-corrected chi connectivity index (χ0v) is 20.1. The van der Waals surface area contributed by atoms with Crippen molar-refractivity contribution >= 4 is 20.2 Å². The molecule has 1 fully saturated rings. The fourth-order valence-corrected chi connectivity index (χ4v) is 4.63. The van der Waals surface area contributed by atoms with Crippen LogP contribution in [0.5, 0.6) is 0 Å². The Morgan fingerprint density at radius 2 is 1.23 bits per heavy atom. The fraction of sp³-hybridized carbons (Fsp3) is 1.00. The summed E-state index contributed by atoms with van der Waals surface area (Å²) in [4.78, 5) is 0. The SMILES string of the molecule is O=S(=O)(O)CCCCOCC(COC1CCCCCCCC1)OCCCCS(=O)(=O)O. The summed E-state index contributed by atoms with van der Waals surface area (Å²) in [5.41, 5.74) is 0. The van der Waals surface area contributed by atoms with Gasteiger partial charge in [-0.1, -0.05) is 38.5 Å². The topological polar surface area (TPSA) is 136 Å². The Labute approximate surface area is 187 Å². The molecule has 2 N–H and O–H groups in total. The molecule has 0 aliphatic heterocycles. The second kappa shape index (κ2) is 16.3. The van der Waals surface area contributed by atoms with Gasteiger partial charge in [-0.2, -0.15) is 16.8 Å². The Balaban J connectivity index is 2.36. The summed E-state index contributed by atoms with van der Waals surface area (Å²) >= 11 is 0. The first kappa shape index (κ1) is 28.7. The zero-order chi connectivity index (χ0) is 23.0. The molecule has 0 aromatic rings. The second-order valence-corrected chi connectivity index (χ2v) is 11.4. The minimum absolute atomic E-state index is 0.207. The van der Waals surface area contributed by atoms with Crippen LogP contribution in [0.3, 0.4) is 0 Å². The average molecular weight is 489 g/mol. The maximum absolute atomic E-state index is 10.8. The van der Waals surface area contributed by atoms with Crippen molar-refractivity contribution in [2.24, 2.45) is 0 Å². The lowest BCUT2D eigenvalue weighted by molar-refractivity contribution is -0.0810. The molecule has 1 rings (SSSR count). The highest BCUT2D eigenvalue weighted by molar-refractivity contribution is 7.86. The zero-order valence-electron chi connectivity index (χ0n) is 18.5. The van der Waals surface area contributed by atoms with E-state index in [9.17, 15) is 16.8 Å². The van der Waals surface area contributed by atoms with Gasteiger partial charge < -0.3 is 14.2 Å². The van der Waals surface area contributed by atoms with Crippen LogP contribution in [0, 0.1) is 0 Å². The fourth-order valence-electron chi connectivity index (χ4n) is 3.49. The van der Waals surface area contributed by atoms with Crippen LogP contribution < -0.4 is 0 Å². The Morgan fingerprint density at radius 3 is 1.77 bits per heavy atom. The van der Waals surface area contributed by atoms with E-state index in [0.29, 0.717) is 45.5 Å². The molecule has 1 saturated carbocycles. The van der Waals surface area contributed by atoms with E-state index in [2.05, 4.69) is 0 Å². The predicted molar refractivity (Wildman–Crippen MR) is 119 cm³/mol. The van der Waals surface area contributed by atoms with Gasteiger partial charge in [0.2, 0.25) is 0 Å². The van der Waals surface area contributed by atoms with Gasteiger partial charge in [0.25, 0.3) is 20.2 Å². The standard InChI is InChI=1S/C20H40O9S2/c21-30(22,23)15-9-7-13-27-17-20(28-14-8-10-16-31(24,25)26)18-29-19-11-5-3-1-2-4-6-12-19/h19-20H,1-18H2,(H,21,22,23)(H,24,25,26). The van der Waals surface area contributed by atoms with Gasteiger partial charge >= 0.3 is 0 Å². The van der Waals surface area contributed by atoms with Gasteiger partial charge in [0, 0.05) is 13.2 Å². The van der Waals surface area contributed by atoms with Crippen LogP contribution in [0.1, 0.15) is 77.0 Å². The third kappa shape index (κ3) is 18.9. The Morgan fingerprint density at radius 1 is 0.710 bits per heavy atom. The van der Waals surface area contributed by atoms with Crippen LogP contribution >= 0.6 is 0 Å². The van der Waals surface area contributed by atoms with Crippen LogP contribution in [-0.4, -0.2) is 76.1 Å². The van der Waals surface area contributed by atoms with Crippen LogP contribution in [0.4, 0.5) is 0 Å². The summed E-state index contributed by atoms with van der Waals surface area (Å²) in [5, 5.41) is 0. The highest BCUT2D eigenvalue weighted by Crippen LogP contribution is 2.19. The van der Waals surface area contributed by atoms with E-state index >= 15 is 0 Å². The van der Waals surface area contributed by atoms with Crippen molar-refractivity contribution in [3.8, 4) is 0 Å². The van der Waals surface area contributed by atoms with Crippen LogP contribution in [-0.2, 0) is 34.4 Å². The maximum Gasteiger partial charge on any atom is 0.264 e. The smallest absolute Gasteiger partial charge is 0.264 e. The monoisotopic (exact) mass is 488 g/mol. The third-order valence-electron chi connectivity index (χ3n) is 5.21. The summed E-state index contributed by atoms with van der Waals surface area (Å²) in [6, 6.07) is 0. The van der Waals surface area contributed by atoms with Crippen LogP contribution in [0.25, 0.3) is 0 Å². The molecule has 186 valence electrons. The van der Waals surface area contributed by atoms with Crippen molar-refractivity contribution in [2.45, 2.75) is 89.3 Å². The van der Waals surface area contributed by atoms with E-state index in [4.69, 9.17) is 23.3 Å². The summed E-state index contributed by atoms with van der Waals surface area (Å²) in [6.07, 6.45) is 11.0. The first-order chi connectivity index (χ1) is 14.7. The van der Waals surface area contributed by atoms with Gasteiger partial charge in [0.05, 0.1) is 30.8 Å². The number of ether oxygens (including phenoxy) is 3. The lowest BCUT2D eigenvalue weighted by atomic mass is 10.1. The van der Waals surface area contributed by atoms with Gasteiger partial charge in [-0.25, -0.2) is 0 Å². The molecule has 0 heterocycles. The van der Waals surface area contributed by atoms with E-state index in [-0.39, 0.29) is 30.3 Å². The normalized spacial score (nSPS) is 18.3. The summed E-state index contributed by atoms with van der Waals surface area (Å²) < 4.78 is 78.1. The molecule has 0 radical (unpaired) electrons. The van der Waals surface area contributed by atoms with Crippen molar-refractivity contribution < 1.29 is 40.2 Å². The van der Waals surface area contributed by atoms with E-state index in [1.54, 1.807) is 0 Å². The highest BCUT2D eigenvalue weighted by atomic mass is 32.2. The number of unbranched alkanes of at least 4 members (excludes halogenated alkanes) is 2. The molecular formula is C20H40O9S2. The molecule has 1 atom stereocenters. The largest absolute Gasteiger partial charge is 0.379 e. The second-order valence-electron chi connectivity index (χ2n) is 8.21. The van der Waals surface area contributed by atoms with Gasteiger partial charge in [-0.05, 0) is 38.5 Å². The minimum Gasteiger partial charge on any atom is -0.379 e. The third-order valence-corrected chi connectivity index (χ3v) is 6.82. The quantitative estimate of drug-likeness (QED) is 0.248. The molecule has 31 heavy (non-hydrogen) atoms. The molecule has 1 aliphatic rings. The Kier molecular flexibility index (Phi) is 15.1. The molecule has 1 unspecified atom stereocenters. The van der Waals surface area contributed by atoms with Crippen LogP contribution in [0.15, 0.2) is 0 Å². The van der Waals surface area contributed by atoms with Crippen molar-refractivity contribution in [1.82, 2.24) is 0 Å². The summed E-state index contributed by atoms with van der Waals surface area (Å²) in [7, 11) is -7.90. The Hall–Kier alpha value is -0.300. The van der Waals surface area contributed by atoms with Gasteiger partial charge in [-0.3, -0.25) is 9.11 Å². The molecule has 1 aliphatic carbocycles. The molecule has 0 bridgehead atoms. The van der Waals surface area contributed by atoms with E-state index in [1.807, 2.05) is 0 Å². The van der Waals surface area contributed by atoms with Crippen molar-refractivity contribution in [3.05, 3.63) is 0 Å². The van der Waals surface area contributed by atoms with Crippen molar-refractivity contribution in [3.63, 3.8) is 0 Å². The average Bonchev–Trinajstić information content (AvgIpc) is 2.80. The number of hydrogen-bond donors (Lipinski definition) is 2. The summed E-state index contributed by atoms with van der Waals surface area (Å²) in [5.74, 6) is -0.571. The maximum atomic E-state index is 10.8. The lowest BCUT2D eigenvalue weighted by Gasteiger charge is -2.23. The van der Waals surface area contributed by atoms with Crippen LogP contribution in [0.2, 0.25) is 0 Å². The van der Waals surface area contributed by atoms with E-state index < -0.39 is 20.2 Å². The number of rotatable bonds is 16. The van der Waals surface area contributed by atoms with Gasteiger partial charge in [-0.15, -0.1) is 0 Å². The highest BCUT2D eigenvalue weighted by Gasteiger charge is 2.16. The molecule has 0 saturated heterocycles. The van der Waals surface area contributed by atoms with Gasteiger partial charge in [0.15, 0.2) is 0 Å². The number of hydrogen-bond acceptors (Lipinski definition) is 7. The van der Waals surface area contributed by atoms with Gasteiger partial charge in [0.1, 0.15) is 6.10 Å². The molecule has 11 heteroatoms. The molecule has 0 aromatic heterocycles. The Bertz CT molecular complexity index is 640. The molecular weight excluding hydrogens is 448 g/mol. The van der Waals surface area contributed by atoms with E-state index in [1.165, 1.54) is 25.7 Å².